The van der Waals surface area contributed by atoms with Crippen molar-refractivity contribution in [2.45, 2.75) is 81.6 Å². The lowest BCUT2D eigenvalue weighted by Gasteiger charge is -2.20. The van der Waals surface area contributed by atoms with Crippen molar-refractivity contribution in [2.75, 3.05) is 0 Å². The first kappa shape index (κ1) is 29.6. The third-order valence-electron chi connectivity index (χ3n) is 6.75. The molecule has 0 fully saturated rings. The second-order valence-corrected chi connectivity index (χ2v) is 13.3. The molecule has 0 unspecified atom stereocenters. The predicted molar refractivity (Wildman–Crippen MR) is 151 cm³/mol. The van der Waals surface area contributed by atoms with E-state index in [-0.39, 0.29) is 33.0 Å². The number of rotatable bonds is 6. The molecule has 0 bridgehead atoms. The zero-order valence-electron chi connectivity index (χ0n) is 22.9. The number of benzene rings is 3. The molecule has 0 saturated carbocycles. The van der Waals surface area contributed by atoms with Crippen LogP contribution < -0.4 is 8.37 Å². The van der Waals surface area contributed by atoms with Crippen molar-refractivity contribution in [3.05, 3.63) is 82.9 Å². The zero-order valence-corrected chi connectivity index (χ0v) is 24.5. The van der Waals surface area contributed by atoms with Gasteiger partial charge in [-0.15, -0.1) is 0 Å². The molecule has 4 rings (SSSR count). The molecule has 3 aromatic carbocycles. The summed E-state index contributed by atoms with van der Waals surface area (Å²) in [6, 6.07) is 14.8. The Hall–Kier alpha value is -3.37. The summed E-state index contributed by atoms with van der Waals surface area (Å²) in [7, 11) is -8.64. The van der Waals surface area contributed by atoms with E-state index >= 15 is 0 Å². The largest absolute Gasteiger partial charge is 0.459 e. The van der Waals surface area contributed by atoms with Gasteiger partial charge in [-0.25, -0.2) is 4.79 Å². The van der Waals surface area contributed by atoms with E-state index in [1.165, 1.54) is 30.3 Å². The van der Waals surface area contributed by atoms with Crippen LogP contribution in [-0.2, 0) is 31.4 Å². The van der Waals surface area contributed by atoms with E-state index in [0.29, 0.717) is 24.8 Å². The van der Waals surface area contributed by atoms with E-state index in [4.69, 9.17) is 13.1 Å². The van der Waals surface area contributed by atoms with Crippen LogP contribution in [0.5, 0.6) is 11.5 Å². The van der Waals surface area contributed by atoms with Crippen LogP contribution >= 0.6 is 0 Å². The van der Waals surface area contributed by atoms with Gasteiger partial charge in [0.15, 0.2) is 5.75 Å². The highest BCUT2D eigenvalue weighted by molar-refractivity contribution is 7.87. The summed E-state index contributed by atoms with van der Waals surface area (Å²) in [5.74, 6) is -1.24. The Kier molecular flexibility index (Phi) is 9.20. The fourth-order valence-corrected chi connectivity index (χ4v) is 6.37. The number of hydrogen-bond acceptors (Lipinski definition) is 8. The second-order valence-electron chi connectivity index (χ2n) is 10.2. The molecule has 8 nitrogen and oxygen atoms in total. The third-order valence-corrected chi connectivity index (χ3v) is 9.26. The lowest BCUT2D eigenvalue weighted by Crippen LogP contribution is -2.20. The summed E-state index contributed by atoms with van der Waals surface area (Å²) < 4.78 is 69.3. The van der Waals surface area contributed by atoms with Gasteiger partial charge in [-0.05, 0) is 82.3 Å². The minimum Gasteiger partial charge on any atom is -0.459 e. The van der Waals surface area contributed by atoms with Gasteiger partial charge in [-0.3, -0.25) is 0 Å². The van der Waals surface area contributed by atoms with Crippen molar-refractivity contribution in [3.63, 3.8) is 0 Å². The molecule has 0 aromatic heterocycles. The van der Waals surface area contributed by atoms with Crippen LogP contribution in [0.2, 0.25) is 0 Å². The molecule has 0 radical (unpaired) electrons. The Morgan fingerprint density at radius 3 is 1.85 bits per heavy atom. The normalized spacial score (nSPS) is 17.1. The molecule has 40 heavy (non-hydrogen) atoms. The topological polar surface area (TPSA) is 113 Å². The van der Waals surface area contributed by atoms with E-state index < -0.39 is 26.2 Å². The Bertz CT molecular complexity index is 1560. The van der Waals surface area contributed by atoms with Crippen LogP contribution in [0.15, 0.2) is 70.5 Å². The quantitative estimate of drug-likeness (QED) is 0.245. The van der Waals surface area contributed by atoms with Crippen LogP contribution in [-0.4, -0.2) is 28.9 Å². The average molecular weight is 587 g/mol. The number of esters is 1. The summed E-state index contributed by atoms with van der Waals surface area (Å²) in [5, 5.41) is 0. The minimum atomic E-state index is -4.38. The maximum Gasteiger partial charge on any atom is 0.342 e. The van der Waals surface area contributed by atoms with Crippen molar-refractivity contribution in [3.8, 4) is 11.5 Å². The molecule has 1 aliphatic heterocycles. The molecule has 0 N–H and O–H groups in total. The number of carbonyl (C=O) groups is 1. The summed E-state index contributed by atoms with van der Waals surface area (Å²) in [5.41, 5.74) is 2.08. The molecular formula is C30H34O8S2. The van der Waals surface area contributed by atoms with Crippen molar-refractivity contribution in [1.82, 2.24) is 0 Å². The van der Waals surface area contributed by atoms with Crippen molar-refractivity contribution >= 4 is 26.2 Å². The van der Waals surface area contributed by atoms with Gasteiger partial charge in [-0.1, -0.05) is 54.7 Å². The number of aryl methyl sites for hydroxylation is 3. The van der Waals surface area contributed by atoms with Crippen molar-refractivity contribution < 1.29 is 34.7 Å². The van der Waals surface area contributed by atoms with Crippen LogP contribution in [0.1, 0.15) is 72.5 Å². The van der Waals surface area contributed by atoms with E-state index in [1.807, 2.05) is 13.8 Å². The molecule has 214 valence electrons. The fraction of sp³-hybridized carbons (Fsp3) is 0.367. The highest BCUT2D eigenvalue weighted by atomic mass is 32.2. The van der Waals surface area contributed by atoms with Gasteiger partial charge in [0.1, 0.15) is 21.1 Å². The Morgan fingerprint density at radius 1 is 0.725 bits per heavy atom. The highest BCUT2D eigenvalue weighted by Crippen LogP contribution is 2.35. The summed E-state index contributed by atoms with van der Waals surface area (Å²) >= 11 is 0. The number of fused-ring (bicyclic) bond motifs is 1. The van der Waals surface area contributed by atoms with E-state index in [0.717, 1.165) is 42.9 Å². The lowest BCUT2D eigenvalue weighted by molar-refractivity contribution is 0.0315. The predicted octanol–water partition coefficient (Wildman–Crippen LogP) is 6.28. The molecule has 0 aliphatic carbocycles. The molecule has 0 amide bonds. The standard InChI is InChI=1S/C30H34O8S2/c1-21-11-15-26(16-12-21)39(32,33)37-25-19-24-10-8-6-4-5-7-9-23(3)36-30(31)29(24)28(20-25)38-40(34,35)27-17-13-22(2)14-18-27/h11-20,23H,4-10H2,1-3H3/t23-/m1/s1. The van der Waals surface area contributed by atoms with Gasteiger partial charge in [0, 0.05) is 6.07 Å². The van der Waals surface area contributed by atoms with Gasteiger partial charge < -0.3 is 13.1 Å². The Labute approximate surface area is 236 Å². The minimum absolute atomic E-state index is 0.0526. The molecule has 1 heterocycles. The van der Waals surface area contributed by atoms with Gasteiger partial charge in [-0.2, -0.15) is 16.8 Å². The van der Waals surface area contributed by atoms with Crippen LogP contribution in [0, 0.1) is 13.8 Å². The second kappa shape index (κ2) is 12.4. The lowest BCUT2D eigenvalue weighted by atomic mass is 9.98. The number of hydrogen-bond donors (Lipinski definition) is 0. The van der Waals surface area contributed by atoms with Crippen molar-refractivity contribution in [1.29, 1.82) is 0 Å². The van der Waals surface area contributed by atoms with E-state index in [2.05, 4.69) is 0 Å². The first-order valence-electron chi connectivity index (χ1n) is 13.3. The van der Waals surface area contributed by atoms with Gasteiger partial charge in [0.05, 0.1) is 6.10 Å². The summed E-state index contributed by atoms with van der Waals surface area (Å²) in [6.45, 7) is 5.45. The van der Waals surface area contributed by atoms with E-state index in [9.17, 15) is 21.6 Å². The number of ether oxygens (including phenoxy) is 1. The fourth-order valence-electron chi connectivity index (χ4n) is 4.52. The Morgan fingerprint density at radius 2 is 1.25 bits per heavy atom. The first-order chi connectivity index (χ1) is 18.9. The average Bonchev–Trinajstić information content (AvgIpc) is 2.87. The maximum atomic E-state index is 13.4. The highest BCUT2D eigenvalue weighted by Gasteiger charge is 2.28. The number of cyclic esters (lactones) is 1. The van der Waals surface area contributed by atoms with Gasteiger partial charge >= 0.3 is 26.2 Å². The Balaban J connectivity index is 1.82. The van der Waals surface area contributed by atoms with Crippen LogP contribution in [0.4, 0.5) is 0 Å². The molecule has 0 spiro atoms. The SMILES string of the molecule is Cc1ccc(S(=O)(=O)Oc2cc3c(c(OS(=O)(=O)c4ccc(C)cc4)c2)C(=O)O[C@H](C)CCCCCCC3)cc1. The van der Waals surface area contributed by atoms with Gasteiger partial charge in [0.2, 0.25) is 0 Å². The molecule has 3 aromatic rings. The maximum absolute atomic E-state index is 13.4. The number of carbonyl (C=O) groups excluding carboxylic acids is 1. The van der Waals surface area contributed by atoms with E-state index in [1.54, 1.807) is 31.2 Å². The monoisotopic (exact) mass is 586 g/mol. The third kappa shape index (κ3) is 7.42. The zero-order chi connectivity index (χ0) is 28.9. The molecule has 0 saturated heterocycles. The summed E-state index contributed by atoms with van der Waals surface area (Å²) in [6.07, 6.45) is 5.18. The van der Waals surface area contributed by atoms with Gasteiger partial charge in [0.25, 0.3) is 0 Å². The van der Waals surface area contributed by atoms with Crippen LogP contribution in [0.25, 0.3) is 0 Å². The summed E-state index contributed by atoms with van der Waals surface area (Å²) in [4.78, 5) is 13.2. The first-order valence-corrected chi connectivity index (χ1v) is 16.2. The molecular weight excluding hydrogens is 552 g/mol. The molecule has 1 atom stereocenters. The molecule has 10 heteroatoms. The van der Waals surface area contributed by atoms with Crippen LogP contribution in [0.3, 0.4) is 0 Å². The smallest absolute Gasteiger partial charge is 0.342 e. The van der Waals surface area contributed by atoms with Crippen molar-refractivity contribution in [2.24, 2.45) is 0 Å². The molecule has 1 aliphatic rings.